The first-order valence-corrected chi connectivity index (χ1v) is 10.9. The standard InChI is InChI=1S/C20H25FN4O3S/c1-20(2)14-25(9-10-29(20,26)27)19(22-3)24-12-15-6-7-18(17(21)11-15)28-16-5-4-8-23-13-16/h4-8,11,13H,9-10,12,14H2,1-3H3,(H,22,24). The molecule has 0 unspecified atom stereocenters. The average Bonchev–Trinajstić information content (AvgIpc) is 2.68. The van der Waals surface area contributed by atoms with Gasteiger partial charge < -0.3 is 15.0 Å². The van der Waals surface area contributed by atoms with Crippen LogP contribution in [0.1, 0.15) is 19.4 Å². The fourth-order valence-corrected chi connectivity index (χ4v) is 4.48. The minimum absolute atomic E-state index is 0.0791. The molecule has 156 valence electrons. The highest BCUT2D eigenvalue weighted by Crippen LogP contribution is 2.25. The molecule has 3 rings (SSSR count). The molecular weight excluding hydrogens is 395 g/mol. The summed E-state index contributed by atoms with van der Waals surface area (Å²) in [7, 11) is -1.49. The molecule has 0 spiro atoms. The number of nitrogens with zero attached hydrogens (tertiary/aromatic N) is 3. The summed E-state index contributed by atoms with van der Waals surface area (Å²) < 4.78 is 43.4. The second kappa shape index (κ2) is 8.36. The summed E-state index contributed by atoms with van der Waals surface area (Å²) in [5, 5.41) is 3.18. The van der Waals surface area contributed by atoms with Crippen molar-refractivity contribution in [1.82, 2.24) is 15.2 Å². The molecule has 1 aliphatic heterocycles. The Labute approximate surface area is 170 Å². The molecule has 1 aromatic heterocycles. The second-order valence-electron chi connectivity index (χ2n) is 7.46. The van der Waals surface area contributed by atoms with E-state index in [-0.39, 0.29) is 11.5 Å². The summed E-state index contributed by atoms with van der Waals surface area (Å²) >= 11 is 0. The molecular formula is C20H25FN4O3S. The molecule has 29 heavy (non-hydrogen) atoms. The zero-order chi connectivity index (χ0) is 21.1. The minimum atomic E-state index is -3.13. The molecule has 1 aliphatic rings. The van der Waals surface area contributed by atoms with Crippen LogP contribution in [0.4, 0.5) is 4.39 Å². The summed E-state index contributed by atoms with van der Waals surface area (Å²) in [6.07, 6.45) is 3.13. The predicted octanol–water partition coefficient (Wildman–Crippen LogP) is 2.60. The van der Waals surface area contributed by atoms with Gasteiger partial charge >= 0.3 is 0 Å². The first kappa shape index (κ1) is 21.0. The molecule has 1 fully saturated rings. The topological polar surface area (TPSA) is 83.9 Å². The molecule has 1 aromatic carbocycles. The SMILES string of the molecule is CN=C(NCc1ccc(Oc2cccnc2)c(F)c1)N1CCS(=O)(=O)C(C)(C)C1. The van der Waals surface area contributed by atoms with Gasteiger partial charge in [0.1, 0.15) is 5.75 Å². The van der Waals surface area contributed by atoms with Crippen molar-refractivity contribution in [2.24, 2.45) is 4.99 Å². The maximum absolute atomic E-state index is 14.4. The third-order valence-corrected chi connectivity index (χ3v) is 7.40. The van der Waals surface area contributed by atoms with Crippen LogP contribution >= 0.6 is 0 Å². The molecule has 2 aromatic rings. The van der Waals surface area contributed by atoms with Gasteiger partial charge in [-0.05, 0) is 43.7 Å². The monoisotopic (exact) mass is 420 g/mol. The van der Waals surface area contributed by atoms with Gasteiger partial charge in [-0.1, -0.05) is 6.07 Å². The van der Waals surface area contributed by atoms with Crippen LogP contribution in [0, 0.1) is 5.82 Å². The number of hydrogen-bond acceptors (Lipinski definition) is 5. The molecule has 7 nitrogen and oxygen atoms in total. The molecule has 2 heterocycles. The number of aliphatic imine (C=N–C) groups is 1. The average molecular weight is 421 g/mol. The van der Waals surface area contributed by atoms with Crippen LogP contribution in [-0.2, 0) is 16.4 Å². The number of aromatic nitrogens is 1. The number of rotatable bonds is 4. The minimum Gasteiger partial charge on any atom is -0.453 e. The van der Waals surface area contributed by atoms with E-state index in [2.05, 4.69) is 15.3 Å². The number of ether oxygens (including phenoxy) is 1. The molecule has 0 atom stereocenters. The smallest absolute Gasteiger partial charge is 0.193 e. The van der Waals surface area contributed by atoms with Gasteiger partial charge in [-0.25, -0.2) is 12.8 Å². The van der Waals surface area contributed by atoms with Gasteiger partial charge in [0.25, 0.3) is 0 Å². The molecule has 0 bridgehead atoms. The van der Waals surface area contributed by atoms with Gasteiger partial charge in [-0.15, -0.1) is 0 Å². The Balaban J connectivity index is 1.64. The number of nitrogens with one attached hydrogen (secondary N) is 1. The Morgan fingerprint density at radius 2 is 2.17 bits per heavy atom. The van der Waals surface area contributed by atoms with Crippen molar-refractivity contribution in [3.8, 4) is 11.5 Å². The number of pyridine rings is 1. The van der Waals surface area contributed by atoms with E-state index in [1.54, 1.807) is 51.4 Å². The summed E-state index contributed by atoms with van der Waals surface area (Å²) in [5.74, 6) is 0.766. The molecule has 0 aliphatic carbocycles. The summed E-state index contributed by atoms with van der Waals surface area (Å²) in [6, 6.07) is 8.14. The van der Waals surface area contributed by atoms with Gasteiger partial charge in [0.15, 0.2) is 27.4 Å². The third-order valence-electron chi connectivity index (χ3n) is 4.86. The Hall–Kier alpha value is -2.68. The van der Waals surface area contributed by atoms with Crippen molar-refractivity contribution < 1.29 is 17.5 Å². The molecule has 9 heteroatoms. The van der Waals surface area contributed by atoms with Gasteiger partial charge in [-0.3, -0.25) is 9.98 Å². The van der Waals surface area contributed by atoms with Gasteiger partial charge in [0, 0.05) is 32.9 Å². The summed E-state index contributed by atoms with van der Waals surface area (Å²) in [4.78, 5) is 10.1. The number of benzene rings is 1. The van der Waals surface area contributed by atoms with Gasteiger partial charge in [0.05, 0.1) is 16.7 Å². The highest BCUT2D eigenvalue weighted by molar-refractivity contribution is 7.92. The van der Waals surface area contributed by atoms with Crippen LogP contribution in [0.2, 0.25) is 0 Å². The van der Waals surface area contributed by atoms with E-state index >= 15 is 0 Å². The van der Waals surface area contributed by atoms with Crippen molar-refractivity contribution in [1.29, 1.82) is 0 Å². The van der Waals surface area contributed by atoms with E-state index in [1.807, 2.05) is 4.90 Å². The molecule has 1 saturated heterocycles. The largest absolute Gasteiger partial charge is 0.453 e. The highest BCUT2D eigenvalue weighted by Gasteiger charge is 2.40. The molecule has 0 radical (unpaired) electrons. The molecule has 0 saturated carbocycles. The first-order chi connectivity index (χ1) is 13.7. The van der Waals surface area contributed by atoms with Crippen LogP contribution in [-0.4, -0.2) is 54.9 Å². The van der Waals surface area contributed by atoms with E-state index in [0.29, 0.717) is 36.9 Å². The Morgan fingerprint density at radius 1 is 1.38 bits per heavy atom. The quantitative estimate of drug-likeness (QED) is 0.605. The van der Waals surface area contributed by atoms with Crippen LogP contribution in [0.3, 0.4) is 0 Å². The van der Waals surface area contributed by atoms with E-state index in [0.717, 1.165) is 0 Å². The Morgan fingerprint density at radius 3 is 2.79 bits per heavy atom. The number of guanidine groups is 1. The number of sulfone groups is 1. The third kappa shape index (κ3) is 4.84. The van der Waals surface area contributed by atoms with Crippen molar-refractivity contribution in [3.05, 3.63) is 54.1 Å². The Bertz CT molecular complexity index is 994. The van der Waals surface area contributed by atoms with Crippen molar-refractivity contribution >= 4 is 15.8 Å². The van der Waals surface area contributed by atoms with E-state index in [9.17, 15) is 12.8 Å². The van der Waals surface area contributed by atoms with Crippen LogP contribution in [0.25, 0.3) is 0 Å². The van der Waals surface area contributed by atoms with E-state index < -0.39 is 20.4 Å². The van der Waals surface area contributed by atoms with Gasteiger partial charge in [0.2, 0.25) is 0 Å². The fraction of sp³-hybridized carbons (Fsp3) is 0.400. The number of halogens is 1. The maximum atomic E-state index is 14.4. The lowest BCUT2D eigenvalue weighted by Crippen LogP contribution is -2.57. The van der Waals surface area contributed by atoms with Crippen molar-refractivity contribution in [3.63, 3.8) is 0 Å². The highest BCUT2D eigenvalue weighted by atomic mass is 32.2. The van der Waals surface area contributed by atoms with Crippen molar-refractivity contribution in [2.45, 2.75) is 25.1 Å². The fourth-order valence-electron chi connectivity index (χ4n) is 3.11. The normalized spacial score (nSPS) is 18.3. The van der Waals surface area contributed by atoms with Crippen molar-refractivity contribution in [2.75, 3.05) is 25.9 Å². The summed E-state index contributed by atoms with van der Waals surface area (Å²) in [5.41, 5.74) is 0.714. The second-order valence-corrected chi connectivity index (χ2v) is 10.2. The van der Waals surface area contributed by atoms with E-state index in [1.165, 1.54) is 12.3 Å². The van der Waals surface area contributed by atoms with Crippen LogP contribution < -0.4 is 10.1 Å². The zero-order valence-corrected chi connectivity index (χ0v) is 17.5. The van der Waals surface area contributed by atoms with E-state index in [4.69, 9.17) is 4.74 Å². The lowest BCUT2D eigenvalue weighted by molar-refractivity contribution is 0.353. The zero-order valence-electron chi connectivity index (χ0n) is 16.7. The van der Waals surface area contributed by atoms with Gasteiger partial charge in [-0.2, -0.15) is 0 Å². The first-order valence-electron chi connectivity index (χ1n) is 9.26. The lowest BCUT2D eigenvalue weighted by Gasteiger charge is -2.39. The molecule has 1 N–H and O–H groups in total. The lowest BCUT2D eigenvalue weighted by atomic mass is 10.2. The van der Waals surface area contributed by atoms with Crippen LogP contribution in [0.5, 0.6) is 11.5 Å². The predicted molar refractivity (Wildman–Crippen MR) is 110 cm³/mol. The van der Waals surface area contributed by atoms with Crippen LogP contribution in [0.15, 0.2) is 47.7 Å². The number of hydrogen-bond donors (Lipinski definition) is 1. The summed E-state index contributed by atoms with van der Waals surface area (Å²) in [6.45, 7) is 4.51. The Kier molecular flexibility index (Phi) is 6.07. The maximum Gasteiger partial charge on any atom is 0.193 e. The molecule has 0 amide bonds.